The Hall–Kier alpha value is -2.63. The van der Waals surface area contributed by atoms with Gasteiger partial charge in [-0.25, -0.2) is 0 Å². The minimum Gasteiger partial charge on any atom is -0.497 e. The maximum absolute atomic E-state index is 11.3. The number of rotatable bonds is 5. The van der Waals surface area contributed by atoms with E-state index in [1.807, 2.05) is 24.3 Å². The van der Waals surface area contributed by atoms with E-state index in [4.69, 9.17) is 17.9 Å². The van der Waals surface area contributed by atoms with Crippen LogP contribution in [0, 0.1) is 13.1 Å². The Kier molecular flexibility index (Phi) is 5.73. The van der Waals surface area contributed by atoms with Crippen LogP contribution in [-0.4, -0.2) is 23.6 Å². The molecule has 24 heavy (non-hydrogen) atoms. The molecule has 0 bridgehead atoms. The first-order chi connectivity index (χ1) is 11.5. The number of benzene rings is 1. The second-order valence-electron chi connectivity index (χ2n) is 6.08. The number of carbonyl (C=O) groups excluding carboxylic acids is 1. The summed E-state index contributed by atoms with van der Waals surface area (Å²) >= 11 is 0. The molecule has 1 N–H and O–H groups in total. The lowest BCUT2D eigenvalue weighted by Crippen LogP contribution is -2.34. The van der Waals surface area contributed by atoms with Crippen LogP contribution in [0.25, 0.3) is 9.69 Å². The predicted octanol–water partition coefficient (Wildman–Crippen LogP) is 3.55. The molecule has 1 saturated carbocycles. The molecule has 124 valence electrons. The van der Waals surface area contributed by atoms with Gasteiger partial charge in [0.05, 0.1) is 25.9 Å². The van der Waals surface area contributed by atoms with Gasteiger partial charge in [-0.1, -0.05) is 17.7 Å². The normalized spacial score (nSPS) is 17.4. The van der Waals surface area contributed by atoms with Crippen molar-refractivity contribution in [3.8, 4) is 5.75 Å². The van der Waals surface area contributed by atoms with E-state index in [1.165, 1.54) is 0 Å². The number of Topliss-reactive ketones (excluding diaryl/α,β-unsaturated/α-hetero) is 1. The van der Waals surface area contributed by atoms with Crippen molar-refractivity contribution in [3.63, 3.8) is 0 Å². The molecule has 0 aromatic heterocycles. The van der Waals surface area contributed by atoms with Gasteiger partial charge in [0.15, 0.2) is 11.4 Å². The first-order valence-electron chi connectivity index (χ1n) is 7.83. The molecule has 0 unspecified atom stereocenters. The molecule has 1 aliphatic rings. The average molecular weight is 324 g/mol. The SMILES string of the molecule is [C-]#[N+]C(Cc1ccc(OC)cc1)=C(CC1(O)CCC(=O)CC1)[N+]#[C-]. The zero-order chi connectivity index (χ0) is 17.6. The Morgan fingerprint density at radius 2 is 1.75 bits per heavy atom. The highest BCUT2D eigenvalue weighted by molar-refractivity contribution is 5.79. The van der Waals surface area contributed by atoms with Gasteiger partial charge in [0.2, 0.25) is 0 Å². The van der Waals surface area contributed by atoms with Gasteiger partial charge in [-0.2, -0.15) is 0 Å². The van der Waals surface area contributed by atoms with Gasteiger partial charge < -0.3 is 9.84 Å². The number of allylic oxidation sites excluding steroid dienone is 1. The summed E-state index contributed by atoms with van der Waals surface area (Å²) in [5.41, 5.74) is 0.496. The van der Waals surface area contributed by atoms with Crippen LogP contribution < -0.4 is 4.74 Å². The Labute approximate surface area is 142 Å². The van der Waals surface area contributed by atoms with Crippen molar-refractivity contribution in [2.45, 2.75) is 44.1 Å². The number of nitrogens with zero attached hydrogens (tertiary/aromatic N) is 2. The van der Waals surface area contributed by atoms with Crippen molar-refractivity contribution in [1.82, 2.24) is 0 Å². The molecular formula is C19H20N2O3. The minimum absolute atomic E-state index is 0.137. The Morgan fingerprint density at radius 1 is 1.17 bits per heavy atom. The van der Waals surface area contributed by atoms with Gasteiger partial charge >= 0.3 is 0 Å². The number of hydrogen-bond donors (Lipinski definition) is 1. The number of methoxy groups -OCH3 is 1. The zero-order valence-corrected chi connectivity index (χ0v) is 13.7. The molecule has 0 amide bonds. The van der Waals surface area contributed by atoms with Crippen LogP contribution in [0.4, 0.5) is 0 Å². The second-order valence-corrected chi connectivity index (χ2v) is 6.08. The Morgan fingerprint density at radius 3 is 2.25 bits per heavy atom. The van der Waals surface area contributed by atoms with E-state index >= 15 is 0 Å². The summed E-state index contributed by atoms with van der Waals surface area (Å²) in [6.07, 6.45) is 1.89. The fourth-order valence-electron chi connectivity index (χ4n) is 2.83. The third-order valence-electron chi connectivity index (χ3n) is 4.37. The van der Waals surface area contributed by atoms with Gasteiger partial charge in [-0.3, -0.25) is 14.5 Å². The summed E-state index contributed by atoms with van der Waals surface area (Å²) in [7, 11) is 1.59. The molecule has 1 aromatic carbocycles. The molecule has 2 rings (SSSR count). The third-order valence-corrected chi connectivity index (χ3v) is 4.37. The number of ether oxygens (including phenoxy) is 1. The molecule has 0 spiro atoms. The van der Waals surface area contributed by atoms with Gasteiger partial charge in [0.25, 0.3) is 0 Å². The fraction of sp³-hybridized carbons (Fsp3) is 0.421. The van der Waals surface area contributed by atoms with Crippen LogP contribution in [0.1, 0.15) is 37.7 Å². The highest BCUT2D eigenvalue weighted by Gasteiger charge is 2.34. The van der Waals surface area contributed by atoms with Gasteiger partial charge in [0, 0.05) is 12.8 Å². The quantitative estimate of drug-likeness (QED) is 0.843. The maximum atomic E-state index is 11.3. The molecule has 0 atom stereocenters. The van der Waals surface area contributed by atoms with E-state index in [-0.39, 0.29) is 17.9 Å². The monoisotopic (exact) mass is 324 g/mol. The molecule has 0 aliphatic heterocycles. The average Bonchev–Trinajstić information content (AvgIpc) is 2.61. The van der Waals surface area contributed by atoms with Crippen LogP contribution in [0.5, 0.6) is 5.75 Å². The molecule has 0 heterocycles. The number of aliphatic hydroxyl groups is 1. The summed E-state index contributed by atoms with van der Waals surface area (Å²) in [5.74, 6) is 0.885. The van der Waals surface area contributed by atoms with Gasteiger partial charge in [-0.05, 0) is 37.8 Å². The molecule has 1 aromatic rings. The summed E-state index contributed by atoms with van der Waals surface area (Å²) < 4.78 is 5.11. The molecule has 0 saturated heterocycles. The summed E-state index contributed by atoms with van der Waals surface area (Å²) in [6, 6.07) is 7.35. The summed E-state index contributed by atoms with van der Waals surface area (Å²) in [6.45, 7) is 14.8. The molecular weight excluding hydrogens is 304 g/mol. The smallest absolute Gasteiger partial charge is 0.173 e. The molecule has 1 aliphatic carbocycles. The predicted molar refractivity (Wildman–Crippen MR) is 90.0 cm³/mol. The van der Waals surface area contributed by atoms with Crippen molar-refractivity contribution >= 4 is 5.78 Å². The van der Waals surface area contributed by atoms with Crippen molar-refractivity contribution in [1.29, 1.82) is 0 Å². The first kappa shape index (κ1) is 17.7. The lowest BCUT2D eigenvalue weighted by molar-refractivity contribution is -0.125. The summed E-state index contributed by atoms with van der Waals surface area (Å²) in [4.78, 5) is 18.4. The molecule has 5 nitrogen and oxygen atoms in total. The van der Waals surface area contributed by atoms with Crippen LogP contribution in [0.15, 0.2) is 35.7 Å². The molecule has 1 fully saturated rings. The number of hydrogen-bond acceptors (Lipinski definition) is 3. The summed E-state index contributed by atoms with van der Waals surface area (Å²) in [5, 5.41) is 10.6. The molecule has 5 heteroatoms. The van der Waals surface area contributed by atoms with Crippen LogP contribution >= 0.6 is 0 Å². The second kappa shape index (κ2) is 7.77. The van der Waals surface area contributed by atoms with Crippen molar-refractivity contribution in [2.24, 2.45) is 0 Å². The molecule has 0 radical (unpaired) electrons. The van der Waals surface area contributed by atoms with E-state index in [1.54, 1.807) is 7.11 Å². The zero-order valence-electron chi connectivity index (χ0n) is 13.7. The third kappa shape index (κ3) is 4.44. The number of ketones is 1. The first-order valence-corrected chi connectivity index (χ1v) is 7.83. The standard InChI is InChI=1S/C19H20N2O3/c1-20-17(12-14-4-6-16(24-3)7-5-14)18(21-2)13-19(23)10-8-15(22)9-11-19/h4-7,23H,8-13H2,3H3. The maximum Gasteiger partial charge on any atom is 0.173 e. The van der Waals surface area contributed by atoms with Crippen LogP contribution in [0.3, 0.4) is 0 Å². The van der Waals surface area contributed by atoms with Crippen molar-refractivity contribution in [2.75, 3.05) is 7.11 Å². The topological polar surface area (TPSA) is 55.2 Å². The van der Waals surface area contributed by atoms with Crippen molar-refractivity contribution < 1.29 is 14.6 Å². The Bertz CT molecular complexity index is 710. The van der Waals surface area contributed by atoms with E-state index in [0.717, 1.165) is 11.3 Å². The van der Waals surface area contributed by atoms with Crippen molar-refractivity contribution in [3.05, 3.63) is 64.1 Å². The highest BCUT2D eigenvalue weighted by Crippen LogP contribution is 2.34. The lowest BCUT2D eigenvalue weighted by atomic mass is 9.80. The fourth-order valence-corrected chi connectivity index (χ4v) is 2.83. The lowest BCUT2D eigenvalue weighted by Gasteiger charge is -2.31. The highest BCUT2D eigenvalue weighted by atomic mass is 16.5. The van der Waals surface area contributed by atoms with Gasteiger partial charge in [-0.15, -0.1) is 0 Å². The van der Waals surface area contributed by atoms with E-state index in [0.29, 0.717) is 37.8 Å². The van der Waals surface area contributed by atoms with Crippen LogP contribution in [-0.2, 0) is 11.2 Å². The van der Waals surface area contributed by atoms with Crippen LogP contribution in [0.2, 0.25) is 0 Å². The largest absolute Gasteiger partial charge is 0.497 e. The Balaban J connectivity index is 2.18. The van der Waals surface area contributed by atoms with E-state index < -0.39 is 5.60 Å². The van der Waals surface area contributed by atoms with E-state index in [2.05, 4.69) is 9.69 Å². The minimum atomic E-state index is -1.05. The number of carbonyl (C=O) groups is 1. The van der Waals surface area contributed by atoms with Gasteiger partial charge in [0.1, 0.15) is 11.5 Å². The van der Waals surface area contributed by atoms with E-state index in [9.17, 15) is 9.90 Å².